The minimum absolute atomic E-state index is 0.138. The highest BCUT2D eigenvalue weighted by Gasteiger charge is 2.31. The van der Waals surface area contributed by atoms with E-state index in [1.807, 2.05) is 42.5 Å². The van der Waals surface area contributed by atoms with E-state index in [1.54, 1.807) is 0 Å². The van der Waals surface area contributed by atoms with Gasteiger partial charge in [0.25, 0.3) is 5.91 Å². The molecule has 0 aliphatic rings. The first kappa shape index (κ1) is 20.4. The number of carbonyl (C=O) groups excluding carboxylic acids is 2. The Hall–Kier alpha value is -3.35. The summed E-state index contributed by atoms with van der Waals surface area (Å²) in [7, 11) is 1.19. The van der Waals surface area contributed by atoms with Crippen molar-refractivity contribution in [3.63, 3.8) is 0 Å². The fourth-order valence-corrected chi connectivity index (χ4v) is 3.10. The Morgan fingerprint density at radius 1 is 1.00 bits per heavy atom. The van der Waals surface area contributed by atoms with Crippen LogP contribution in [0.2, 0.25) is 0 Å². The Labute approximate surface area is 165 Å². The number of fused-ring (bicyclic) bond motifs is 1. The highest BCUT2D eigenvalue weighted by Crippen LogP contribution is 2.29. The average Bonchev–Trinajstić information content (AvgIpc) is 2.72. The molecule has 7 heteroatoms. The van der Waals surface area contributed by atoms with Crippen LogP contribution in [0.4, 0.5) is 13.2 Å². The third-order valence-corrected chi connectivity index (χ3v) is 4.55. The molecule has 0 aromatic heterocycles. The van der Waals surface area contributed by atoms with Crippen molar-refractivity contribution in [3.05, 3.63) is 83.4 Å². The molecule has 0 unspecified atom stereocenters. The van der Waals surface area contributed by atoms with E-state index in [2.05, 4.69) is 5.32 Å². The summed E-state index contributed by atoms with van der Waals surface area (Å²) in [5.74, 6) is -1.47. The van der Waals surface area contributed by atoms with E-state index in [0.29, 0.717) is 0 Å². The molecule has 0 bridgehead atoms. The van der Waals surface area contributed by atoms with Crippen molar-refractivity contribution in [2.45, 2.75) is 18.6 Å². The van der Waals surface area contributed by atoms with Crippen LogP contribution in [-0.4, -0.2) is 25.0 Å². The largest absolute Gasteiger partial charge is 0.467 e. The van der Waals surface area contributed by atoms with Crippen LogP contribution in [-0.2, 0) is 22.1 Å². The summed E-state index contributed by atoms with van der Waals surface area (Å²) in [4.78, 5) is 24.8. The van der Waals surface area contributed by atoms with E-state index in [1.165, 1.54) is 13.2 Å². The molecule has 0 saturated heterocycles. The summed E-state index contributed by atoms with van der Waals surface area (Å²) in [6.07, 6.45) is -4.43. The predicted octanol–water partition coefficient (Wildman–Crippen LogP) is 4.37. The molecule has 0 saturated carbocycles. The fourth-order valence-electron chi connectivity index (χ4n) is 3.10. The molecule has 0 aliphatic heterocycles. The number of carbonyl (C=O) groups is 2. The van der Waals surface area contributed by atoms with Gasteiger partial charge in [0.1, 0.15) is 6.04 Å². The van der Waals surface area contributed by atoms with Crippen LogP contribution >= 0.6 is 0 Å². The lowest BCUT2D eigenvalue weighted by Crippen LogP contribution is -2.43. The molecule has 3 aromatic rings. The molecule has 29 heavy (non-hydrogen) atoms. The van der Waals surface area contributed by atoms with Crippen LogP contribution in [0.3, 0.4) is 0 Å². The highest BCUT2D eigenvalue weighted by atomic mass is 19.4. The molecule has 0 aliphatic carbocycles. The molecule has 1 N–H and O–H groups in total. The van der Waals surface area contributed by atoms with Gasteiger partial charge in [0.2, 0.25) is 0 Å². The SMILES string of the molecule is COC(=O)[C@@H](Cc1cccc2ccccc12)NC(=O)c1cccc(C(F)(F)F)c1. The van der Waals surface area contributed by atoms with E-state index in [0.717, 1.165) is 34.5 Å². The number of ether oxygens (including phenoxy) is 1. The molecule has 0 radical (unpaired) electrons. The first-order chi connectivity index (χ1) is 13.8. The smallest absolute Gasteiger partial charge is 0.416 e. The van der Waals surface area contributed by atoms with Gasteiger partial charge in [-0.05, 0) is 34.5 Å². The summed E-state index contributed by atoms with van der Waals surface area (Å²) >= 11 is 0. The number of halogens is 3. The zero-order valence-electron chi connectivity index (χ0n) is 15.5. The molecule has 3 rings (SSSR count). The number of nitrogens with one attached hydrogen (secondary N) is 1. The van der Waals surface area contributed by atoms with Crippen molar-refractivity contribution in [3.8, 4) is 0 Å². The molecule has 4 nitrogen and oxygen atoms in total. The van der Waals surface area contributed by atoms with Crippen molar-refractivity contribution in [1.82, 2.24) is 5.32 Å². The Balaban J connectivity index is 1.86. The van der Waals surface area contributed by atoms with Gasteiger partial charge in [-0.2, -0.15) is 13.2 Å². The molecule has 0 spiro atoms. The molecule has 0 heterocycles. The van der Waals surface area contributed by atoms with Gasteiger partial charge in [-0.1, -0.05) is 48.5 Å². The third kappa shape index (κ3) is 4.74. The van der Waals surface area contributed by atoms with Gasteiger partial charge in [-0.3, -0.25) is 4.79 Å². The molecule has 1 atom stereocenters. The van der Waals surface area contributed by atoms with Crippen molar-refractivity contribution in [1.29, 1.82) is 0 Å². The minimum Gasteiger partial charge on any atom is -0.467 e. The summed E-state index contributed by atoms with van der Waals surface area (Å²) in [5.41, 5.74) is -0.316. The molecule has 0 fully saturated rings. The Morgan fingerprint density at radius 2 is 1.69 bits per heavy atom. The van der Waals surface area contributed by atoms with Gasteiger partial charge in [0.15, 0.2) is 0 Å². The monoisotopic (exact) mass is 401 g/mol. The van der Waals surface area contributed by atoms with E-state index in [9.17, 15) is 22.8 Å². The van der Waals surface area contributed by atoms with Crippen LogP contribution in [0.25, 0.3) is 10.8 Å². The maximum absolute atomic E-state index is 12.9. The number of alkyl halides is 3. The van der Waals surface area contributed by atoms with Crippen LogP contribution in [0.5, 0.6) is 0 Å². The molecular formula is C22H18F3NO3. The number of methoxy groups -OCH3 is 1. The lowest BCUT2D eigenvalue weighted by atomic mass is 9.98. The fraction of sp³-hybridized carbons (Fsp3) is 0.182. The minimum atomic E-state index is -4.57. The quantitative estimate of drug-likeness (QED) is 0.646. The van der Waals surface area contributed by atoms with Crippen LogP contribution in [0, 0.1) is 0 Å². The van der Waals surface area contributed by atoms with E-state index < -0.39 is 29.7 Å². The normalized spacial score (nSPS) is 12.4. The second-order valence-corrected chi connectivity index (χ2v) is 6.47. The Morgan fingerprint density at radius 3 is 2.41 bits per heavy atom. The van der Waals surface area contributed by atoms with Crippen molar-refractivity contribution >= 4 is 22.6 Å². The summed E-state index contributed by atoms with van der Waals surface area (Å²) in [5, 5.41) is 4.38. The highest BCUT2D eigenvalue weighted by molar-refractivity contribution is 5.97. The van der Waals surface area contributed by atoms with E-state index in [-0.39, 0.29) is 12.0 Å². The van der Waals surface area contributed by atoms with Gasteiger partial charge >= 0.3 is 12.1 Å². The van der Waals surface area contributed by atoms with E-state index in [4.69, 9.17) is 4.74 Å². The van der Waals surface area contributed by atoms with Gasteiger partial charge < -0.3 is 10.1 Å². The summed E-state index contributed by atoms with van der Waals surface area (Å²) in [6, 6.07) is 16.1. The topological polar surface area (TPSA) is 55.4 Å². The zero-order chi connectivity index (χ0) is 21.0. The summed E-state index contributed by atoms with van der Waals surface area (Å²) < 4.78 is 43.5. The Kier molecular flexibility index (Phi) is 5.87. The lowest BCUT2D eigenvalue weighted by molar-refractivity contribution is -0.143. The van der Waals surface area contributed by atoms with Crippen LogP contribution < -0.4 is 5.32 Å². The second kappa shape index (κ2) is 8.34. The maximum Gasteiger partial charge on any atom is 0.416 e. The second-order valence-electron chi connectivity index (χ2n) is 6.47. The standard InChI is InChI=1S/C22H18F3NO3/c1-29-21(28)19(13-15-8-4-7-14-6-2-3-11-18(14)15)26-20(27)16-9-5-10-17(12-16)22(23,24)25/h2-12,19H,13H2,1H3,(H,26,27)/t19-/m1/s1. The van der Waals surface area contributed by atoms with Crippen LogP contribution in [0.1, 0.15) is 21.5 Å². The number of benzene rings is 3. The van der Waals surface area contributed by atoms with Crippen molar-refractivity contribution in [2.75, 3.05) is 7.11 Å². The number of hydrogen-bond donors (Lipinski definition) is 1. The van der Waals surface area contributed by atoms with Crippen molar-refractivity contribution in [2.24, 2.45) is 0 Å². The third-order valence-electron chi connectivity index (χ3n) is 4.55. The number of rotatable bonds is 5. The molecular weight excluding hydrogens is 383 g/mol. The van der Waals surface area contributed by atoms with Gasteiger partial charge in [0.05, 0.1) is 12.7 Å². The number of esters is 1. The number of amides is 1. The first-order valence-corrected chi connectivity index (χ1v) is 8.82. The molecule has 3 aromatic carbocycles. The molecule has 150 valence electrons. The van der Waals surface area contributed by atoms with Gasteiger partial charge in [0, 0.05) is 12.0 Å². The average molecular weight is 401 g/mol. The van der Waals surface area contributed by atoms with E-state index >= 15 is 0 Å². The maximum atomic E-state index is 12.9. The first-order valence-electron chi connectivity index (χ1n) is 8.82. The van der Waals surface area contributed by atoms with Gasteiger partial charge in [-0.15, -0.1) is 0 Å². The van der Waals surface area contributed by atoms with Gasteiger partial charge in [-0.25, -0.2) is 4.79 Å². The zero-order valence-corrected chi connectivity index (χ0v) is 15.5. The Bertz CT molecular complexity index is 1040. The van der Waals surface area contributed by atoms with Crippen molar-refractivity contribution < 1.29 is 27.5 Å². The summed E-state index contributed by atoms with van der Waals surface area (Å²) in [6.45, 7) is 0. The van der Waals surface area contributed by atoms with Crippen LogP contribution in [0.15, 0.2) is 66.7 Å². The lowest BCUT2D eigenvalue weighted by Gasteiger charge is -2.18. The predicted molar refractivity (Wildman–Crippen MR) is 102 cm³/mol. The molecule has 1 amide bonds. The number of hydrogen-bond acceptors (Lipinski definition) is 3.